The summed E-state index contributed by atoms with van der Waals surface area (Å²) < 4.78 is 10.8. The molecule has 0 N–H and O–H groups in total. The van der Waals surface area contributed by atoms with Gasteiger partial charge in [0, 0.05) is 24.7 Å². The molecule has 0 saturated heterocycles. The molecule has 23 heavy (non-hydrogen) atoms. The molecule has 4 heteroatoms. The van der Waals surface area contributed by atoms with Crippen LogP contribution in [0.1, 0.15) is 11.1 Å². The van der Waals surface area contributed by atoms with E-state index < -0.39 is 0 Å². The minimum Gasteiger partial charge on any atom is -0.454 e. The van der Waals surface area contributed by atoms with Crippen LogP contribution in [0, 0.1) is 0 Å². The number of ether oxygens (including phenoxy) is 2. The summed E-state index contributed by atoms with van der Waals surface area (Å²) in [7, 11) is 2.12. The van der Waals surface area contributed by atoms with E-state index in [0.717, 1.165) is 30.1 Å². The van der Waals surface area contributed by atoms with Gasteiger partial charge < -0.3 is 9.47 Å². The zero-order valence-electron chi connectivity index (χ0n) is 13.0. The van der Waals surface area contributed by atoms with E-state index in [2.05, 4.69) is 53.3 Å². The maximum Gasteiger partial charge on any atom is 0.231 e. The van der Waals surface area contributed by atoms with Crippen LogP contribution in [0.3, 0.4) is 0 Å². The van der Waals surface area contributed by atoms with Gasteiger partial charge in [0.25, 0.3) is 0 Å². The van der Waals surface area contributed by atoms with Gasteiger partial charge >= 0.3 is 0 Å². The van der Waals surface area contributed by atoms with Gasteiger partial charge in [-0.25, -0.2) is 0 Å². The number of para-hydroxylation sites is 1. The average Bonchev–Trinajstić information content (AvgIpc) is 3.03. The van der Waals surface area contributed by atoms with Crippen molar-refractivity contribution in [2.45, 2.75) is 13.1 Å². The van der Waals surface area contributed by atoms with Gasteiger partial charge in [0.2, 0.25) is 6.79 Å². The van der Waals surface area contributed by atoms with Crippen molar-refractivity contribution in [3.8, 4) is 11.5 Å². The average molecular weight is 306 g/mol. The number of aromatic nitrogens is 1. The molecular weight excluding hydrogens is 288 g/mol. The molecule has 2 heterocycles. The predicted octanol–water partition coefficient (Wildman–Crippen LogP) is 3.60. The van der Waals surface area contributed by atoms with Gasteiger partial charge in [-0.3, -0.25) is 9.88 Å². The Morgan fingerprint density at radius 1 is 1.00 bits per heavy atom. The fourth-order valence-corrected chi connectivity index (χ4v) is 2.99. The van der Waals surface area contributed by atoms with E-state index in [0.29, 0.717) is 6.79 Å². The molecule has 0 fully saturated rings. The number of hydrogen-bond donors (Lipinski definition) is 0. The van der Waals surface area contributed by atoms with E-state index in [1.54, 1.807) is 0 Å². The molecular formula is C19H18N2O2. The number of rotatable bonds is 4. The molecule has 2 aromatic carbocycles. The van der Waals surface area contributed by atoms with E-state index in [4.69, 9.17) is 9.47 Å². The Morgan fingerprint density at radius 2 is 1.87 bits per heavy atom. The van der Waals surface area contributed by atoms with E-state index in [1.165, 1.54) is 16.5 Å². The van der Waals surface area contributed by atoms with Gasteiger partial charge in [-0.15, -0.1) is 0 Å². The lowest BCUT2D eigenvalue weighted by atomic mass is 10.1. The van der Waals surface area contributed by atoms with E-state index >= 15 is 0 Å². The Bertz CT molecular complexity index is 842. The summed E-state index contributed by atoms with van der Waals surface area (Å²) in [5.74, 6) is 1.66. The number of pyridine rings is 1. The summed E-state index contributed by atoms with van der Waals surface area (Å²) in [6.45, 7) is 2.01. The fraction of sp³-hybridized carbons (Fsp3) is 0.211. The number of benzene rings is 2. The fourth-order valence-electron chi connectivity index (χ4n) is 2.99. The molecule has 0 unspecified atom stereocenters. The molecule has 0 atom stereocenters. The Balaban J connectivity index is 1.52. The van der Waals surface area contributed by atoms with E-state index in [-0.39, 0.29) is 0 Å². The Kier molecular flexibility index (Phi) is 3.60. The molecule has 0 bridgehead atoms. The quantitative estimate of drug-likeness (QED) is 0.738. The van der Waals surface area contributed by atoms with Gasteiger partial charge in [-0.05, 0) is 36.4 Å². The first-order valence-corrected chi connectivity index (χ1v) is 7.69. The highest BCUT2D eigenvalue weighted by molar-refractivity contribution is 5.81. The zero-order valence-corrected chi connectivity index (χ0v) is 13.0. The van der Waals surface area contributed by atoms with Crippen molar-refractivity contribution < 1.29 is 9.47 Å². The van der Waals surface area contributed by atoms with Crippen molar-refractivity contribution >= 4 is 10.9 Å². The van der Waals surface area contributed by atoms with Crippen molar-refractivity contribution in [3.63, 3.8) is 0 Å². The number of fused-ring (bicyclic) bond motifs is 2. The molecule has 116 valence electrons. The van der Waals surface area contributed by atoms with Crippen LogP contribution in [0.25, 0.3) is 10.9 Å². The Hall–Kier alpha value is -2.59. The monoisotopic (exact) mass is 306 g/mol. The van der Waals surface area contributed by atoms with E-state index in [1.807, 2.05) is 18.3 Å². The predicted molar refractivity (Wildman–Crippen MR) is 89.5 cm³/mol. The Labute approximate surface area is 135 Å². The molecule has 1 aliphatic rings. The third kappa shape index (κ3) is 2.85. The second-order valence-corrected chi connectivity index (χ2v) is 5.85. The van der Waals surface area contributed by atoms with Crippen molar-refractivity contribution in [3.05, 3.63) is 65.9 Å². The van der Waals surface area contributed by atoms with Crippen LogP contribution in [-0.4, -0.2) is 23.7 Å². The van der Waals surface area contributed by atoms with Crippen molar-refractivity contribution in [2.75, 3.05) is 13.8 Å². The lowest BCUT2D eigenvalue weighted by Crippen LogP contribution is -2.17. The van der Waals surface area contributed by atoms with Gasteiger partial charge in [0.15, 0.2) is 11.5 Å². The summed E-state index contributed by atoms with van der Waals surface area (Å²) in [4.78, 5) is 6.80. The molecule has 1 aliphatic heterocycles. The first-order chi connectivity index (χ1) is 11.3. The smallest absolute Gasteiger partial charge is 0.231 e. The second kappa shape index (κ2) is 5.89. The molecule has 0 spiro atoms. The Morgan fingerprint density at radius 3 is 2.83 bits per heavy atom. The van der Waals surface area contributed by atoms with Gasteiger partial charge in [0.05, 0.1) is 5.52 Å². The highest BCUT2D eigenvalue weighted by Gasteiger charge is 2.14. The van der Waals surface area contributed by atoms with Crippen LogP contribution < -0.4 is 9.47 Å². The molecule has 3 aromatic rings. The lowest BCUT2D eigenvalue weighted by molar-refractivity contribution is 0.174. The van der Waals surface area contributed by atoms with Crippen LogP contribution in [0.15, 0.2) is 54.7 Å². The SMILES string of the molecule is CN(Cc1ccc2c(c1)OCO2)Cc1cccc2cccnc12. The van der Waals surface area contributed by atoms with Gasteiger partial charge in [0.1, 0.15) is 0 Å². The first kappa shape index (κ1) is 14.0. The van der Waals surface area contributed by atoms with E-state index in [9.17, 15) is 0 Å². The summed E-state index contributed by atoms with van der Waals surface area (Å²) >= 11 is 0. The maximum atomic E-state index is 5.45. The van der Waals surface area contributed by atoms with Gasteiger partial charge in [-0.2, -0.15) is 0 Å². The van der Waals surface area contributed by atoms with Crippen LogP contribution in [0.5, 0.6) is 11.5 Å². The first-order valence-electron chi connectivity index (χ1n) is 7.69. The number of hydrogen-bond acceptors (Lipinski definition) is 4. The van der Waals surface area contributed by atoms with Crippen LogP contribution in [0.2, 0.25) is 0 Å². The summed E-state index contributed by atoms with van der Waals surface area (Å²) in [6, 6.07) is 16.5. The molecule has 0 amide bonds. The largest absolute Gasteiger partial charge is 0.454 e. The van der Waals surface area contributed by atoms with Crippen molar-refractivity contribution in [1.29, 1.82) is 0 Å². The standard InChI is InChI=1S/C19H18N2O2/c1-21(11-14-7-8-17-18(10-14)23-13-22-17)12-16-5-2-4-15-6-3-9-20-19(15)16/h2-10H,11-13H2,1H3. The zero-order chi connectivity index (χ0) is 15.6. The summed E-state index contributed by atoms with van der Waals surface area (Å²) in [5.41, 5.74) is 3.53. The molecule has 1 aromatic heterocycles. The van der Waals surface area contributed by atoms with Crippen molar-refractivity contribution in [2.24, 2.45) is 0 Å². The molecule has 4 nitrogen and oxygen atoms in total. The third-order valence-electron chi connectivity index (χ3n) is 4.05. The second-order valence-electron chi connectivity index (χ2n) is 5.85. The number of nitrogens with zero attached hydrogens (tertiary/aromatic N) is 2. The highest BCUT2D eigenvalue weighted by atomic mass is 16.7. The lowest BCUT2D eigenvalue weighted by Gasteiger charge is -2.18. The molecule has 0 radical (unpaired) electrons. The summed E-state index contributed by atoms with van der Waals surface area (Å²) in [6.07, 6.45) is 1.85. The van der Waals surface area contributed by atoms with Gasteiger partial charge in [-0.1, -0.05) is 30.3 Å². The minimum atomic E-state index is 0.316. The van der Waals surface area contributed by atoms with Crippen LogP contribution in [-0.2, 0) is 13.1 Å². The topological polar surface area (TPSA) is 34.6 Å². The maximum absolute atomic E-state index is 5.45. The highest BCUT2D eigenvalue weighted by Crippen LogP contribution is 2.32. The molecule has 0 aliphatic carbocycles. The van der Waals surface area contributed by atoms with Crippen molar-refractivity contribution in [1.82, 2.24) is 9.88 Å². The molecule has 4 rings (SSSR count). The van der Waals surface area contributed by atoms with Crippen LogP contribution >= 0.6 is 0 Å². The molecule has 0 saturated carbocycles. The third-order valence-corrected chi connectivity index (χ3v) is 4.05. The minimum absolute atomic E-state index is 0.316. The normalized spacial score (nSPS) is 13.0. The van der Waals surface area contributed by atoms with Crippen LogP contribution in [0.4, 0.5) is 0 Å². The summed E-state index contributed by atoms with van der Waals surface area (Å²) in [5, 5.41) is 1.18.